The molecule has 1 aromatic heterocycles. The van der Waals surface area contributed by atoms with E-state index in [-0.39, 0.29) is 36.2 Å². The summed E-state index contributed by atoms with van der Waals surface area (Å²) < 4.78 is 58.5. The van der Waals surface area contributed by atoms with Crippen LogP contribution in [0.5, 0.6) is 5.75 Å². The molecule has 1 atom stereocenters. The van der Waals surface area contributed by atoms with Crippen molar-refractivity contribution >= 4 is 5.91 Å². The van der Waals surface area contributed by atoms with Crippen molar-refractivity contribution in [1.82, 2.24) is 15.5 Å². The number of carbonyl (C=O) groups excluding carboxylic acids is 1. The summed E-state index contributed by atoms with van der Waals surface area (Å²) >= 11 is 0. The summed E-state index contributed by atoms with van der Waals surface area (Å²) in [5, 5.41) is 6.55. The molecule has 30 heavy (non-hydrogen) atoms. The Morgan fingerprint density at radius 2 is 1.80 bits per heavy atom. The van der Waals surface area contributed by atoms with Crippen molar-refractivity contribution < 1.29 is 31.6 Å². The topological polar surface area (TPSA) is 77.3 Å². The van der Waals surface area contributed by atoms with Crippen LogP contribution in [0.2, 0.25) is 0 Å². The van der Waals surface area contributed by atoms with Gasteiger partial charge in [0, 0.05) is 18.4 Å². The second kappa shape index (κ2) is 8.93. The fourth-order valence-electron chi connectivity index (χ4n) is 2.65. The van der Waals surface area contributed by atoms with Crippen molar-refractivity contribution in [3.63, 3.8) is 0 Å². The summed E-state index contributed by atoms with van der Waals surface area (Å²) in [7, 11) is 0. The van der Waals surface area contributed by atoms with Gasteiger partial charge in [0.25, 0.3) is 0 Å². The van der Waals surface area contributed by atoms with E-state index in [4.69, 9.17) is 4.52 Å². The van der Waals surface area contributed by atoms with Crippen molar-refractivity contribution in [2.45, 2.75) is 32.2 Å². The van der Waals surface area contributed by atoms with Crippen LogP contribution in [0.25, 0.3) is 11.4 Å². The van der Waals surface area contributed by atoms with Gasteiger partial charge in [-0.1, -0.05) is 17.3 Å². The average molecular weight is 423 g/mol. The summed E-state index contributed by atoms with van der Waals surface area (Å²) in [6, 6.07) is 10.4. The molecule has 0 saturated carbocycles. The van der Waals surface area contributed by atoms with Crippen LogP contribution >= 0.6 is 0 Å². The van der Waals surface area contributed by atoms with Gasteiger partial charge in [-0.2, -0.15) is 4.98 Å². The molecule has 0 aliphatic rings. The van der Waals surface area contributed by atoms with E-state index in [1.54, 1.807) is 6.92 Å². The molecule has 0 aliphatic carbocycles. The molecule has 0 radical (unpaired) electrons. The summed E-state index contributed by atoms with van der Waals surface area (Å²) in [5.41, 5.74) is 1.21. The number of hydrogen-bond donors (Lipinski definition) is 1. The molecule has 0 bridgehead atoms. The third-order valence-corrected chi connectivity index (χ3v) is 4.13. The first-order valence-electron chi connectivity index (χ1n) is 8.93. The molecule has 158 valence electrons. The van der Waals surface area contributed by atoms with E-state index < -0.39 is 12.4 Å². The lowest BCUT2D eigenvalue weighted by atomic mass is 10.1. The van der Waals surface area contributed by atoms with Gasteiger partial charge in [0.05, 0.1) is 6.04 Å². The van der Waals surface area contributed by atoms with Gasteiger partial charge in [-0.3, -0.25) is 4.79 Å². The van der Waals surface area contributed by atoms with Crippen LogP contribution in [-0.2, 0) is 11.2 Å². The van der Waals surface area contributed by atoms with Crippen LogP contribution in [-0.4, -0.2) is 22.4 Å². The van der Waals surface area contributed by atoms with Gasteiger partial charge < -0.3 is 14.6 Å². The third-order valence-electron chi connectivity index (χ3n) is 4.13. The Morgan fingerprint density at radius 3 is 2.43 bits per heavy atom. The number of ether oxygens (including phenoxy) is 1. The first-order valence-corrected chi connectivity index (χ1v) is 8.93. The number of alkyl halides is 3. The van der Waals surface area contributed by atoms with Gasteiger partial charge in [0.15, 0.2) is 0 Å². The SMILES string of the molecule is CC(NC(=O)CCc1nc(-c2ccc(F)cc2)no1)c1ccc(OC(F)(F)F)cc1. The Balaban J connectivity index is 1.50. The third kappa shape index (κ3) is 6.03. The minimum atomic E-state index is -4.76. The van der Waals surface area contributed by atoms with E-state index in [0.717, 1.165) is 0 Å². The number of rotatable bonds is 7. The number of amides is 1. The fraction of sp³-hybridized carbons (Fsp3) is 0.250. The Hall–Kier alpha value is -3.43. The molecule has 2 aromatic carbocycles. The first-order chi connectivity index (χ1) is 14.2. The molecular formula is C20H17F4N3O3. The Bertz CT molecular complexity index is 986. The van der Waals surface area contributed by atoms with E-state index in [1.807, 2.05) is 0 Å². The maximum absolute atomic E-state index is 13.0. The van der Waals surface area contributed by atoms with Gasteiger partial charge in [-0.25, -0.2) is 4.39 Å². The van der Waals surface area contributed by atoms with Gasteiger partial charge >= 0.3 is 6.36 Å². The Morgan fingerprint density at radius 1 is 1.13 bits per heavy atom. The lowest BCUT2D eigenvalue weighted by Gasteiger charge is -2.15. The lowest BCUT2D eigenvalue weighted by molar-refractivity contribution is -0.274. The summed E-state index contributed by atoms with van der Waals surface area (Å²) in [5.74, 6) is -0.459. The molecule has 3 aromatic rings. The van der Waals surface area contributed by atoms with Crippen molar-refractivity contribution in [3.05, 3.63) is 65.8 Å². The average Bonchev–Trinajstić information content (AvgIpc) is 3.15. The van der Waals surface area contributed by atoms with Crippen molar-refractivity contribution in [3.8, 4) is 17.1 Å². The normalized spacial score (nSPS) is 12.4. The largest absolute Gasteiger partial charge is 0.573 e. The van der Waals surface area contributed by atoms with Crippen molar-refractivity contribution in [2.24, 2.45) is 0 Å². The molecule has 0 fully saturated rings. The van der Waals surface area contributed by atoms with Gasteiger partial charge in [-0.05, 0) is 48.9 Å². The molecule has 10 heteroatoms. The van der Waals surface area contributed by atoms with Crippen LogP contribution in [0.15, 0.2) is 53.1 Å². The zero-order chi connectivity index (χ0) is 21.7. The highest BCUT2D eigenvalue weighted by Gasteiger charge is 2.31. The second-order valence-electron chi connectivity index (χ2n) is 6.42. The van der Waals surface area contributed by atoms with Crippen molar-refractivity contribution in [2.75, 3.05) is 0 Å². The number of nitrogens with zero attached hydrogens (tertiary/aromatic N) is 2. The van der Waals surface area contributed by atoms with Crippen LogP contribution in [0.1, 0.15) is 30.8 Å². The molecule has 1 N–H and O–H groups in total. The van der Waals surface area contributed by atoms with E-state index in [9.17, 15) is 22.4 Å². The molecule has 6 nitrogen and oxygen atoms in total. The molecule has 0 aliphatic heterocycles. The Kier molecular flexibility index (Phi) is 6.34. The van der Waals surface area contributed by atoms with Crippen LogP contribution < -0.4 is 10.1 Å². The highest BCUT2D eigenvalue weighted by Crippen LogP contribution is 2.24. The number of benzene rings is 2. The first kappa shape index (κ1) is 21.3. The van der Waals surface area contributed by atoms with E-state index in [0.29, 0.717) is 17.0 Å². The van der Waals surface area contributed by atoms with E-state index >= 15 is 0 Å². The smallest absolute Gasteiger partial charge is 0.406 e. The van der Waals surface area contributed by atoms with Crippen LogP contribution in [0.3, 0.4) is 0 Å². The van der Waals surface area contributed by atoms with Crippen LogP contribution in [0, 0.1) is 5.82 Å². The quantitative estimate of drug-likeness (QED) is 0.563. The van der Waals surface area contributed by atoms with E-state index in [2.05, 4.69) is 20.2 Å². The second-order valence-corrected chi connectivity index (χ2v) is 6.42. The monoisotopic (exact) mass is 423 g/mol. The maximum atomic E-state index is 13.0. The molecule has 3 rings (SSSR count). The van der Waals surface area contributed by atoms with Gasteiger partial charge in [0.2, 0.25) is 17.6 Å². The molecule has 1 heterocycles. The number of nitrogens with one attached hydrogen (secondary N) is 1. The predicted octanol–water partition coefficient (Wildman–Crippen LogP) is 4.58. The summed E-state index contributed by atoms with van der Waals surface area (Å²) in [6.07, 6.45) is -4.48. The Labute approximate surface area is 168 Å². The minimum absolute atomic E-state index is 0.0741. The highest BCUT2D eigenvalue weighted by molar-refractivity contribution is 5.76. The molecule has 0 saturated heterocycles. The summed E-state index contributed by atoms with van der Waals surface area (Å²) in [4.78, 5) is 16.3. The van der Waals surface area contributed by atoms with Crippen molar-refractivity contribution in [1.29, 1.82) is 0 Å². The summed E-state index contributed by atoms with van der Waals surface area (Å²) in [6.45, 7) is 1.71. The zero-order valence-corrected chi connectivity index (χ0v) is 15.7. The number of hydrogen-bond acceptors (Lipinski definition) is 5. The standard InChI is InChI=1S/C20H17F4N3O3/c1-12(13-4-8-16(9-5-13)29-20(22,23)24)25-17(28)10-11-18-26-19(27-30-18)14-2-6-15(21)7-3-14/h2-9,12H,10-11H2,1H3,(H,25,28). The lowest BCUT2D eigenvalue weighted by Crippen LogP contribution is -2.26. The van der Waals surface area contributed by atoms with E-state index in [1.165, 1.54) is 48.5 Å². The highest BCUT2D eigenvalue weighted by atomic mass is 19.4. The molecule has 1 amide bonds. The number of carbonyl (C=O) groups is 1. The van der Waals surface area contributed by atoms with Crippen LogP contribution in [0.4, 0.5) is 17.6 Å². The predicted molar refractivity (Wildman–Crippen MR) is 97.7 cm³/mol. The number of aromatic nitrogens is 2. The maximum Gasteiger partial charge on any atom is 0.573 e. The molecule has 0 spiro atoms. The van der Waals surface area contributed by atoms with Gasteiger partial charge in [-0.15, -0.1) is 13.2 Å². The minimum Gasteiger partial charge on any atom is -0.406 e. The molecule has 1 unspecified atom stereocenters. The number of halogens is 4. The number of aryl methyl sites for hydroxylation is 1. The molecular weight excluding hydrogens is 406 g/mol. The van der Waals surface area contributed by atoms with Gasteiger partial charge in [0.1, 0.15) is 11.6 Å². The fourth-order valence-corrected chi connectivity index (χ4v) is 2.65. The zero-order valence-electron chi connectivity index (χ0n) is 15.7.